The van der Waals surface area contributed by atoms with Crippen molar-refractivity contribution in [2.24, 2.45) is 5.73 Å². The monoisotopic (exact) mass is 530 g/mol. The summed E-state index contributed by atoms with van der Waals surface area (Å²) in [7, 11) is 1.51. The number of aromatic nitrogens is 1. The molecule has 1 aliphatic rings. The minimum atomic E-state index is -0.856. The third kappa shape index (κ3) is 5.31. The fourth-order valence-electron chi connectivity index (χ4n) is 3.90. The van der Waals surface area contributed by atoms with E-state index in [0.717, 1.165) is 10.6 Å². The highest BCUT2D eigenvalue weighted by atomic mass is 32.2. The number of rotatable bonds is 8. The lowest BCUT2D eigenvalue weighted by atomic mass is 9.82. The van der Waals surface area contributed by atoms with Crippen LogP contribution in [-0.2, 0) is 14.3 Å². The average Bonchev–Trinajstić information content (AvgIpc) is 3.46. The molecule has 0 fully saturated rings. The van der Waals surface area contributed by atoms with Gasteiger partial charge in [0, 0.05) is 5.56 Å². The van der Waals surface area contributed by atoms with Crippen LogP contribution in [0.1, 0.15) is 24.0 Å². The van der Waals surface area contributed by atoms with Crippen LogP contribution in [0.25, 0.3) is 10.6 Å². The lowest BCUT2D eigenvalue weighted by Gasteiger charge is -2.28. The van der Waals surface area contributed by atoms with Crippen molar-refractivity contribution in [2.75, 3.05) is 19.5 Å². The summed E-state index contributed by atoms with van der Waals surface area (Å²) in [5, 5.41) is 22.0. The van der Waals surface area contributed by atoms with Crippen LogP contribution < -0.4 is 10.5 Å². The van der Waals surface area contributed by atoms with Crippen LogP contribution in [0.15, 0.2) is 81.7 Å². The number of thiophene rings is 1. The van der Waals surface area contributed by atoms with Crippen molar-refractivity contribution >= 4 is 29.1 Å². The molecule has 3 heterocycles. The van der Waals surface area contributed by atoms with Gasteiger partial charge >= 0.3 is 5.97 Å². The van der Waals surface area contributed by atoms with E-state index >= 15 is 0 Å². The van der Waals surface area contributed by atoms with E-state index in [-0.39, 0.29) is 35.1 Å². The lowest BCUT2D eigenvalue weighted by Crippen LogP contribution is -2.27. The first-order valence-electron chi connectivity index (χ1n) is 11.2. The van der Waals surface area contributed by atoms with Gasteiger partial charge in [0.25, 0.3) is 0 Å². The van der Waals surface area contributed by atoms with E-state index in [1.165, 1.54) is 18.9 Å². The molecule has 8 nitrogen and oxygen atoms in total. The topological polar surface area (TPSA) is 131 Å². The maximum atomic E-state index is 13.3. The molecule has 4 rings (SSSR count). The van der Waals surface area contributed by atoms with Gasteiger partial charge in [0.2, 0.25) is 5.88 Å². The summed E-state index contributed by atoms with van der Waals surface area (Å²) >= 11 is 2.78. The van der Waals surface area contributed by atoms with Gasteiger partial charge in [0.15, 0.2) is 0 Å². The minimum Gasteiger partial charge on any atom is -0.496 e. The summed E-state index contributed by atoms with van der Waals surface area (Å²) in [6.07, 6.45) is 0. The first-order valence-corrected chi connectivity index (χ1v) is 13.1. The molecule has 1 aromatic carbocycles. The van der Waals surface area contributed by atoms with Gasteiger partial charge in [-0.2, -0.15) is 10.5 Å². The number of carbonyl (C=O) groups is 1. The van der Waals surface area contributed by atoms with E-state index < -0.39 is 11.9 Å². The Morgan fingerprint density at radius 1 is 1.19 bits per heavy atom. The van der Waals surface area contributed by atoms with E-state index in [1.54, 1.807) is 54.7 Å². The van der Waals surface area contributed by atoms with Gasteiger partial charge in [0.1, 0.15) is 34.2 Å². The number of thioether (sulfide) groups is 1. The van der Waals surface area contributed by atoms with Crippen LogP contribution in [0.3, 0.4) is 0 Å². The molecule has 2 aromatic heterocycles. The average molecular weight is 531 g/mol. The molecule has 1 aliphatic heterocycles. The first kappa shape index (κ1) is 25.8. The van der Waals surface area contributed by atoms with Crippen LogP contribution in [-0.4, -0.2) is 30.4 Å². The molecule has 0 radical (unpaired) electrons. The number of methoxy groups -OCH3 is 1. The molecule has 10 heteroatoms. The van der Waals surface area contributed by atoms with Crippen LogP contribution in [0.5, 0.6) is 5.75 Å². The van der Waals surface area contributed by atoms with Gasteiger partial charge in [0.05, 0.1) is 47.1 Å². The second kappa shape index (κ2) is 11.7. The van der Waals surface area contributed by atoms with Gasteiger partial charge in [-0.05, 0) is 36.6 Å². The highest BCUT2D eigenvalue weighted by Crippen LogP contribution is 2.44. The van der Waals surface area contributed by atoms with Gasteiger partial charge in [-0.1, -0.05) is 36.0 Å². The fourth-order valence-corrected chi connectivity index (χ4v) is 5.51. The zero-order chi connectivity index (χ0) is 26.4. The number of para-hydroxylation sites is 1. The van der Waals surface area contributed by atoms with Crippen LogP contribution in [0.4, 0.5) is 0 Å². The molecule has 0 saturated carbocycles. The van der Waals surface area contributed by atoms with Gasteiger partial charge in [-0.25, -0.2) is 9.78 Å². The number of nitrogens with two attached hydrogens (primary N) is 1. The number of hydrogen-bond donors (Lipinski definition) is 1. The van der Waals surface area contributed by atoms with E-state index in [0.29, 0.717) is 21.9 Å². The maximum Gasteiger partial charge on any atom is 0.338 e. The van der Waals surface area contributed by atoms with Crippen molar-refractivity contribution in [1.82, 2.24) is 4.98 Å². The second-order valence-corrected chi connectivity index (χ2v) is 9.56. The smallest absolute Gasteiger partial charge is 0.338 e. The summed E-state index contributed by atoms with van der Waals surface area (Å²) in [5.74, 6) is -0.762. The zero-order valence-electron chi connectivity index (χ0n) is 20.1. The molecule has 37 heavy (non-hydrogen) atoms. The molecule has 186 valence electrons. The molecular formula is C27H22N4O4S2. The van der Waals surface area contributed by atoms with Gasteiger partial charge in [-0.3, -0.25) is 0 Å². The Kier molecular flexibility index (Phi) is 8.14. The normalized spacial score (nSPS) is 15.0. The Balaban J connectivity index is 1.80. The number of benzene rings is 1. The summed E-state index contributed by atoms with van der Waals surface area (Å²) in [4.78, 5) is 18.9. The number of pyridine rings is 1. The Labute approximate surface area is 222 Å². The molecule has 3 aromatic rings. The Morgan fingerprint density at radius 2 is 2.00 bits per heavy atom. The van der Waals surface area contributed by atoms with Crippen LogP contribution in [0, 0.1) is 22.7 Å². The molecular weight excluding hydrogens is 508 g/mol. The van der Waals surface area contributed by atoms with E-state index in [4.69, 9.17) is 19.9 Å². The Hall–Kier alpha value is -4.25. The number of ether oxygens (including phenoxy) is 3. The van der Waals surface area contributed by atoms with Crippen molar-refractivity contribution < 1.29 is 19.0 Å². The predicted molar refractivity (Wildman–Crippen MR) is 140 cm³/mol. The first-order chi connectivity index (χ1) is 18.0. The van der Waals surface area contributed by atoms with Gasteiger partial charge in [-0.15, -0.1) is 11.3 Å². The molecule has 0 amide bonds. The van der Waals surface area contributed by atoms with E-state index in [1.807, 2.05) is 17.5 Å². The van der Waals surface area contributed by atoms with Crippen molar-refractivity contribution in [3.05, 3.63) is 87.8 Å². The summed E-state index contributed by atoms with van der Waals surface area (Å²) < 4.78 is 16.7. The van der Waals surface area contributed by atoms with E-state index in [2.05, 4.69) is 17.1 Å². The Morgan fingerprint density at radius 3 is 2.68 bits per heavy atom. The molecule has 0 saturated heterocycles. The SMILES string of the molecule is CCOC(=O)C1=C(CSc2nc(-c3cccs3)ccc2C#N)OC(N)=C(C#N)[C@@H]1c1ccccc1OC. The molecule has 0 spiro atoms. The van der Waals surface area contributed by atoms with Crippen molar-refractivity contribution in [2.45, 2.75) is 17.9 Å². The second-order valence-electron chi connectivity index (χ2n) is 7.65. The highest BCUT2D eigenvalue weighted by molar-refractivity contribution is 7.99. The maximum absolute atomic E-state index is 13.3. The van der Waals surface area contributed by atoms with Crippen molar-refractivity contribution in [1.29, 1.82) is 10.5 Å². The molecule has 1 atom stereocenters. The van der Waals surface area contributed by atoms with Crippen LogP contribution >= 0.6 is 23.1 Å². The minimum absolute atomic E-state index is 0.0804. The summed E-state index contributed by atoms with van der Waals surface area (Å²) in [6.45, 7) is 1.83. The quantitative estimate of drug-likeness (QED) is 0.312. The number of allylic oxidation sites excluding steroid dienone is 1. The highest BCUT2D eigenvalue weighted by Gasteiger charge is 2.39. The van der Waals surface area contributed by atoms with E-state index in [9.17, 15) is 15.3 Å². The zero-order valence-corrected chi connectivity index (χ0v) is 21.7. The molecule has 0 unspecified atom stereocenters. The summed E-state index contributed by atoms with van der Waals surface area (Å²) in [5.41, 5.74) is 8.11. The number of carbonyl (C=O) groups excluding carboxylic acids is 1. The number of nitrogens with zero attached hydrogens (tertiary/aromatic N) is 3. The summed E-state index contributed by atoms with van der Waals surface area (Å²) in [6, 6.07) is 18.7. The van der Waals surface area contributed by atoms with Gasteiger partial charge < -0.3 is 19.9 Å². The predicted octanol–water partition coefficient (Wildman–Crippen LogP) is 5.11. The number of nitriles is 2. The van der Waals surface area contributed by atoms with Crippen molar-refractivity contribution in [3.8, 4) is 28.5 Å². The van der Waals surface area contributed by atoms with Crippen LogP contribution in [0.2, 0.25) is 0 Å². The molecule has 2 N–H and O–H groups in total. The van der Waals surface area contributed by atoms with Crippen molar-refractivity contribution in [3.63, 3.8) is 0 Å². The largest absolute Gasteiger partial charge is 0.496 e. The number of hydrogen-bond acceptors (Lipinski definition) is 10. The third-order valence-electron chi connectivity index (χ3n) is 5.54. The molecule has 0 aliphatic carbocycles. The third-order valence-corrected chi connectivity index (χ3v) is 7.42. The Bertz CT molecular complexity index is 1470. The standard InChI is InChI=1S/C27H22N4O4S2/c1-3-34-27(32)24-21(15-37-26-16(13-28)10-11-19(31-26)22-9-6-12-36-22)35-25(30)18(14-29)23(24)17-7-4-5-8-20(17)33-2/h4-12,23H,3,15,30H2,1-2H3/t23-/m0/s1. The molecule has 0 bridgehead atoms. The lowest BCUT2D eigenvalue weighted by molar-refractivity contribution is -0.139. The fraction of sp³-hybridized carbons (Fsp3) is 0.185. The number of esters is 1.